The fourth-order valence-electron chi connectivity index (χ4n) is 1.52. The predicted octanol–water partition coefficient (Wildman–Crippen LogP) is 1.37. The Morgan fingerprint density at radius 2 is 2.21 bits per heavy atom. The molecule has 0 amide bonds. The van der Waals surface area contributed by atoms with E-state index >= 15 is 0 Å². The van der Waals surface area contributed by atoms with Gasteiger partial charge in [-0.15, -0.1) is 0 Å². The van der Waals surface area contributed by atoms with Gasteiger partial charge in [-0.3, -0.25) is 0 Å². The number of aryl methyl sites for hydroxylation is 1. The molecule has 0 bridgehead atoms. The number of hydrogen-bond acceptors (Lipinski definition) is 4. The van der Waals surface area contributed by atoms with E-state index in [4.69, 9.17) is 16.7 Å². The van der Waals surface area contributed by atoms with Crippen LogP contribution in [0.2, 0.25) is 5.15 Å². The summed E-state index contributed by atoms with van der Waals surface area (Å²) in [6.07, 6.45) is 1.40. The van der Waals surface area contributed by atoms with Gasteiger partial charge in [-0.1, -0.05) is 11.6 Å². The van der Waals surface area contributed by atoms with Gasteiger partial charge in [-0.25, -0.2) is 9.97 Å². The topological polar surface area (TPSA) is 58.0 Å². The molecule has 1 aromatic rings. The molecule has 1 heterocycles. The third-order valence-corrected chi connectivity index (χ3v) is 2.47. The summed E-state index contributed by atoms with van der Waals surface area (Å²) in [5, 5.41) is 12.7. The number of aliphatic hydroxyl groups is 1. The van der Waals surface area contributed by atoms with Crippen molar-refractivity contribution in [3.05, 3.63) is 17.0 Å². The van der Waals surface area contributed by atoms with Gasteiger partial charge in [0.05, 0.1) is 6.10 Å². The summed E-state index contributed by atoms with van der Waals surface area (Å²) in [7, 11) is 0. The van der Waals surface area contributed by atoms with Gasteiger partial charge < -0.3 is 10.4 Å². The van der Waals surface area contributed by atoms with E-state index in [0.29, 0.717) is 17.0 Å². The molecule has 1 aromatic heterocycles. The van der Waals surface area contributed by atoms with Gasteiger partial charge in [0.1, 0.15) is 16.8 Å². The van der Waals surface area contributed by atoms with Gasteiger partial charge >= 0.3 is 0 Å². The van der Waals surface area contributed by atoms with Crippen LogP contribution in [0.3, 0.4) is 0 Å². The molecule has 1 saturated carbocycles. The van der Waals surface area contributed by atoms with E-state index < -0.39 is 0 Å². The molecule has 0 unspecified atom stereocenters. The van der Waals surface area contributed by atoms with Gasteiger partial charge in [0, 0.05) is 12.1 Å². The van der Waals surface area contributed by atoms with Crippen LogP contribution in [0, 0.1) is 6.92 Å². The monoisotopic (exact) mass is 213 g/mol. The van der Waals surface area contributed by atoms with Crippen molar-refractivity contribution in [2.45, 2.75) is 31.9 Å². The van der Waals surface area contributed by atoms with Crippen molar-refractivity contribution in [1.82, 2.24) is 9.97 Å². The fraction of sp³-hybridized carbons (Fsp3) is 0.556. The molecule has 1 fully saturated rings. The van der Waals surface area contributed by atoms with E-state index in [2.05, 4.69) is 15.3 Å². The lowest BCUT2D eigenvalue weighted by atomic mass is 9.89. The second-order valence-electron chi connectivity index (χ2n) is 3.59. The lowest BCUT2D eigenvalue weighted by Gasteiger charge is -2.32. The summed E-state index contributed by atoms with van der Waals surface area (Å²) in [5.41, 5.74) is 0. The second kappa shape index (κ2) is 3.71. The maximum atomic E-state index is 9.11. The first-order valence-corrected chi connectivity index (χ1v) is 4.97. The average molecular weight is 214 g/mol. The molecule has 4 nitrogen and oxygen atoms in total. The zero-order chi connectivity index (χ0) is 10.1. The Kier molecular flexibility index (Phi) is 2.56. The van der Waals surface area contributed by atoms with Crippen LogP contribution in [0.4, 0.5) is 5.82 Å². The summed E-state index contributed by atoms with van der Waals surface area (Å²) in [6.45, 7) is 1.80. The maximum absolute atomic E-state index is 9.11. The first-order chi connectivity index (χ1) is 6.63. The Balaban J connectivity index is 2.02. The molecular formula is C9H12ClN3O. The van der Waals surface area contributed by atoms with Crippen molar-refractivity contribution in [2.75, 3.05) is 5.32 Å². The van der Waals surface area contributed by atoms with E-state index in [0.717, 1.165) is 18.7 Å². The molecule has 5 heteroatoms. The van der Waals surface area contributed by atoms with Crippen molar-refractivity contribution >= 4 is 17.4 Å². The van der Waals surface area contributed by atoms with Gasteiger partial charge in [-0.2, -0.15) is 0 Å². The smallest absolute Gasteiger partial charge is 0.134 e. The molecule has 14 heavy (non-hydrogen) atoms. The highest BCUT2D eigenvalue weighted by Gasteiger charge is 2.27. The van der Waals surface area contributed by atoms with Crippen molar-refractivity contribution in [3.63, 3.8) is 0 Å². The van der Waals surface area contributed by atoms with Crippen LogP contribution in [0.1, 0.15) is 18.7 Å². The largest absolute Gasteiger partial charge is 0.393 e. The molecule has 2 rings (SSSR count). The van der Waals surface area contributed by atoms with Crippen molar-refractivity contribution in [1.29, 1.82) is 0 Å². The molecule has 0 radical (unpaired) electrons. The Labute approximate surface area is 87.3 Å². The van der Waals surface area contributed by atoms with Gasteiger partial charge in [0.2, 0.25) is 0 Å². The number of aromatic nitrogens is 2. The zero-order valence-electron chi connectivity index (χ0n) is 7.87. The molecule has 0 spiro atoms. The Bertz CT molecular complexity index is 319. The Morgan fingerprint density at radius 1 is 1.50 bits per heavy atom. The van der Waals surface area contributed by atoms with Crippen molar-refractivity contribution < 1.29 is 5.11 Å². The van der Waals surface area contributed by atoms with Crippen LogP contribution in [0.5, 0.6) is 0 Å². The lowest BCUT2D eigenvalue weighted by molar-refractivity contribution is 0.0835. The minimum absolute atomic E-state index is 0.161. The average Bonchev–Trinajstić information content (AvgIpc) is 1.99. The van der Waals surface area contributed by atoms with Gasteiger partial charge in [-0.05, 0) is 19.8 Å². The summed E-state index contributed by atoms with van der Waals surface area (Å²) in [5.74, 6) is 1.39. The standard InChI is InChI=1S/C9H12ClN3O/c1-5-11-8(10)4-9(12-5)13-6-2-7(14)3-6/h4,6-7,14H,2-3H2,1H3,(H,11,12,13). The number of nitrogens with zero attached hydrogens (tertiary/aromatic N) is 2. The number of aliphatic hydroxyl groups excluding tert-OH is 1. The minimum atomic E-state index is -0.161. The number of hydrogen-bond donors (Lipinski definition) is 2. The van der Waals surface area contributed by atoms with Crippen molar-refractivity contribution in [2.24, 2.45) is 0 Å². The lowest BCUT2D eigenvalue weighted by Crippen LogP contribution is -2.39. The summed E-state index contributed by atoms with van der Waals surface area (Å²) in [4.78, 5) is 8.16. The molecule has 0 saturated heterocycles. The Hall–Kier alpha value is -0.870. The third kappa shape index (κ3) is 2.13. The molecule has 2 N–H and O–H groups in total. The number of rotatable bonds is 2. The first-order valence-electron chi connectivity index (χ1n) is 4.59. The van der Waals surface area contributed by atoms with Crippen molar-refractivity contribution in [3.8, 4) is 0 Å². The highest BCUT2D eigenvalue weighted by atomic mass is 35.5. The molecule has 1 aliphatic carbocycles. The normalized spacial score (nSPS) is 25.6. The molecule has 0 aromatic carbocycles. The predicted molar refractivity (Wildman–Crippen MR) is 54.4 cm³/mol. The molecule has 76 valence electrons. The highest BCUT2D eigenvalue weighted by molar-refractivity contribution is 6.29. The summed E-state index contributed by atoms with van der Waals surface area (Å²) in [6, 6.07) is 2.01. The molecule has 1 aliphatic rings. The van der Waals surface area contributed by atoms with Crippen LogP contribution in [0.25, 0.3) is 0 Å². The second-order valence-corrected chi connectivity index (χ2v) is 3.98. The third-order valence-electron chi connectivity index (χ3n) is 2.27. The summed E-state index contributed by atoms with van der Waals surface area (Å²) >= 11 is 5.78. The van der Waals surface area contributed by atoms with Crippen LogP contribution < -0.4 is 5.32 Å². The van der Waals surface area contributed by atoms with Gasteiger partial charge in [0.25, 0.3) is 0 Å². The molecule has 0 aliphatic heterocycles. The van der Waals surface area contributed by atoms with E-state index in [1.807, 2.05) is 0 Å². The molecule has 0 atom stereocenters. The number of nitrogens with one attached hydrogen (secondary N) is 1. The quantitative estimate of drug-likeness (QED) is 0.729. The fourth-order valence-corrected chi connectivity index (χ4v) is 1.75. The SMILES string of the molecule is Cc1nc(Cl)cc(NC2CC(O)C2)n1. The first kappa shape index (κ1) is 9.68. The van der Waals surface area contributed by atoms with Crippen LogP contribution in [0.15, 0.2) is 6.07 Å². The highest BCUT2D eigenvalue weighted by Crippen LogP contribution is 2.23. The molecular weight excluding hydrogens is 202 g/mol. The zero-order valence-corrected chi connectivity index (χ0v) is 8.62. The van der Waals surface area contributed by atoms with E-state index in [1.165, 1.54) is 0 Å². The maximum Gasteiger partial charge on any atom is 0.134 e. The van der Waals surface area contributed by atoms with Crippen LogP contribution in [-0.2, 0) is 0 Å². The Morgan fingerprint density at radius 3 is 2.79 bits per heavy atom. The number of halogens is 1. The van der Waals surface area contributed by atoms with E-state index in [9.17, 15) is 0 Å². The van der Waals surface area contributed by atoms with E-state index in [1.54, 1.807) is 13.0 Å². The van der Waals surface area contributed by atoms with Crippen LogP contribution >= 0.6 is 11.6 Å². The summed E-state index contributed by atoms with van der Waals surface area (Å²) < 4.78 is 0. The number of anilines is 1. The van der Waals surface area contributed by atoms with Gasteiger partial charge in [0.15, 0.2) is 0 Å². The van der Waals surface area contributed by atoms with Crippen LogP contribution in [-0.4, -0.2) is 27.2 Å². The van der Waals surface area contributed by atoms with E-state index in [-0.39, 0.29) is 6.10 Å². The minimum Gasteiger partial charge on any atom is -0.393 e.